The Morgan fingerprint density at radius 1 is 1.29 bits per heavy atom. The Balaban J connectivity index is 1.36. The minimum absolute atomic E-state index is 0.0903. The van der Waals surface area contributed by atoms with Gasteiger partial charge >= 0.3 is 0 Å². The van der Waals surface area contributed by atoms with Crippen molar-refractivity contribution >= 4 is 16.9 Å². The zero-order chi connectivity index (χ0) is 16.5. The van der Waals surface area contributed by atoms with Crippen LogP contribution in [-0.4, -0.2) is 27.7 Å². The summed E-state index contributed by atoms with van der Waals surface area (Å²) in [6, 6.07) is 8.77. The first-order valence-corrected chi connectivity index (χ1v) is 9.08. The number of carbonyl (C=O) groups excluding carboxylic acids is 1. The van der Waals surface area contributed by atoms with Gasteiger partial charge in [-0.3, -0.25) is 4.79 Å². The fourth-order valence-corrected chi connectivity index (χ4v) is 3.61. The van der Waals surface area contributed by atoms with Gasteiger partial charge < -0.3 is 14.6 Å². The predicted molar refractivity (Wildman–Crippen MR) is 92.7 cm³/mol. The number of benzene rings is 1. The molecule has 1 aliphatic carbocycles. The number of nitrogens with one attached hydrogen (secondary N) is 1. The summed E-state index contributed by atoms with van der Waals surface area (Å²) in [6.45, 7) is 2.61. The molecule has 5 nitrogen and oxygen atoms in total. The van der Waals surface area contributed by atoms with Crippen molar-refractivity contribution in [2.75, 3.05) is 0 Å². The maximum Gasteiger partial charge on any atom is 0.220 e. The molecule has 2 aromatic rings. The van der Waals surface area contributed by atoms with Crippen molar-refractivity contribution in [1.82, 2.24) is 14.9 Å². The van der Waals surface area contributed by atoms with Gasteiger partial charge in [0.2, 0.25) is 5.91 Å². The van der Waals surface area contributed by atoms with E-state index in [-0.39, 0.29) is 12.0 Å². The number of para-hydroxylation sites is 2. The summed E-state index contributed by atoms with van der Waals surface area (Å²) in [7, 11) is 0. The van der Waals surface area contributed by atoms with Crippen molar-refractivity contribution in [3.05, 3.63) is 30.1 Å². The number of nitrogens with zero attached hydrogens (tertiary/aromatic N) is 2. The Bertz CT molecular complexity index is 735. The van der Waals surface area contributed by atoms with E-state index in [0.717, 1.165) is 30.6 Å². The maximum absolute atomic E-state index is 12.2. The molecule has 1 saturated carbocycles. The zero-order valence-electron chi connectivity index (χ0n) is 14.2. The van der Waals surface area contributed by atoms with Crippen LogP contribution in [0.3, 0.4) is 0 Å². The molecule has 2 aliphatic rings. The number of hydrogen-bond acceptors (Lipinski definition) is 3. The van der Waals surface area contributed by atoms with E-state index in [1.807, 2.05) is 18.2 Å². The fraction of sp³-hybridized carbons (Fsp3) is 0.579. The van der Waals surface area contributed by atoms with Crippen molar-refractivity contribution in [3.63, 3.8) is 0 Å². The van der Waals surface area contributed by atoms with Crippen LogP contribution in [0.4, 0.5) is 0 Å². The summed E-state index contributed by atoms with van der Waals surface area (Å²) < 4.78 is 8.08. The Hall–Kier alpha value is -1.88. The molecule has 0 unspecified atom stereocenters. The lowest BCUT2D eigenvalue weighted by Gasteiger charge is -2.11. The molecule has 2 heterocycles. The third-order valence-corrected chi connectivity index (χ3v) is 5.04. The van der Waals surface area contributed by atoms with Crippen LogP contribution in [0, 0.1) is 0 Å². The minimum atomic E-state index is 0.0903. The van der Waals surface area contributed by atoms with E-state index in [4.69, 9.17) is 9.72 Å². The highest BCUT2D eigenvalue weighted by Crippen LogP contribution is 2.38. The lowest BCUT2D eigenvalue weighted by atomic mass is 10.1. The Kier molecular flexibility index (Phi) is 4.27. The molecule has 1 N–H and O–H groups in total. The number of amides is 1. The summed E-state index contributed by atoms with van der Waals surface area (Å²) in [5, 5.41) is 3.04. The fourth-order valence-electron chi connectivity index (χ4n) is 3.61. The van der Waals surface area contributed by atoms with Gasteiger partial charge in [-0.05, 0) is 51.2 Å². The van der Waals surface area contributed by atoms with Crippen molar-refractivity contribution < 1.29 is 9.53 Å². The highest BCUT2D eigenvalue weighted by atomic mass is 16.5. The molecule has 1 saturated heterocycles. The van der Waals surface area contributed by atoms with Crippen LogP contribution in [-0.2, 0) is 16.1 Å². The third kappa shape index (κ3) is 3.31. The van der Waals surface area contributed by atoms with Crippen molar-refractivity contribution in [3.8, 4) is 0 Å². The molecule has 2 fully saturated rings. The summed E-state index contributed by atoms with van der Waals surface area (Å²) in [4.78, 5) is 16.9. The smallest absolute Gasteiger partial charge is 0.220 e. The molecule has 1 aromatic heterocycles. The summed E-state index contributed by atoms with van der Waals surface area (Å²) in [5.74, 6) is 1.06. The number of rotatable bonds is 6. The van der Waals surface area contributed by atoms with Crippen molar-refractivity contribution in [2.24, 2.45) is 0 Å². The molecule has 0 spiro atoms. The van der Waals surface area contributed by atoms with E-state index in [2.05, 4.69) is 22.9 Å². The topological polar surface area (TPSA) is 56.2 Å². The number of fused-ring (bicyclic) bond motifs is 1. The number of carbonyl (C=O) groups is 1. The highest BCUT2D eigenvalue weighted by Gasteiger charge is 2.28. The average Bonchev–Trinajstić information content (AvgIpc) is 3.22. The molecule has 0 bridgehead atoms. The molecule has 0 radical (unpaired) electrons. The Morgan fingerprint density at radius 3 is 2.88 bits per heavy atom. The number of ether oxygens (including phenoxy) is 1. The first kappa shape index (κ1) is 15.6. The SMILES string of the molecule is C[C@H]1CC[C@@H](CCC(=O)NCc2nc3ccccc3n2C2CC2)O1. The molecular formula is C19H25N3O2. The molecule has 24 heavy (non-hydrogen) atoms. The van der Waals surface area contributed by atoms with Gasteiger partial charge in [0.15, 0.2) is 0 Å². The Morgan fingerprint density at radius 2 is 2.12 bits per heavy atom. The summed E-state index contributed by atoms with van der Waals surface area (Å²) in [5.41, 5.74) is 2.19. The molecule has 2 atom stereocenters. The van der Waals surface area contributed by atoms with Crippen LogP contribution in [0.2, 0.25) is 0 Å². The van der Waals surface area contributed by atoms with Crippen LogP contribution in [0.1, 0.15) is 57.3 Å². The second-order valence-corrected chi connectivity index (χ2v) is 7.08. The van der Waals surface area contributed by atoms with Gasteiger partial charge in [-0.25, -0.2) is 4.98 Å². The lowest BCUT2D eigenvalue weighted by Crippen LogP contribution is -2.25. The van der Waals surface area contributed by atoms with Gasteiger partial charge in [-0.15, -0.1) is 0 Å². The molecule has 1 amide bonds. The van der Waals surface area contributed by atoms with E-state index in [0.29, 0.717) is 25.1 Å². The second kappa shape index (κ2) is 6.55. The number of hydrogen-bond donors (Lipinski definition) is 1. The maximum atomic E-state index is 12.2. The van der Waals surface area contributed by atoms with Crippen LogP contribution in [0.25, 0.3) is 11.0 Å². The number of imidazole rings is 1. The lowest BCUT2D eigenvalue weighted by molar-refractivity contribution is -0.122. The zero-order valence-corrected chi connectivity index (χ0v) is 14.2. The third-order valence-electron chi connectivity index (χ3n) is 5.04. The highest BCUT2D eigenvalue weighted by molar-refractivity contribution is 5.77. The first-order chi connectivity index (χ1) is 11.7. The molecular weight excluding hydrogens is 302 g/mol. The molecule has 5 heteroatoms. The van der Waals surface area contributed by atoms with Gasteiger partial charge in [0.25, 0.3) is 0 Å². The van der Waals surface area contributed by atoms with Crippen LogP contribution < -0.4 is 5.32 Å². The van der Waals surface area contributed by atoms with E-state index < -0.39 is 0 Å². The molecule has 1 aromatic carbocycles. The molecule has 4 rings (SSSR count). The number of aromatic nitrogens is 2. The largest absolute Gasteiger partial charge is 0.375 e. The van der Waals surface area contributed by atoms with E-state index >= 15 is 0 Å². The van der Waals surface area contributed by atoms with Gasteiger partial charge in [0, 0.05) is 12.5 Å². The van der Waals surface area contributed by atoms with Gasteiger partial charge in [0.05, 0.1) is 29.8 Å². The van der Waals surface area contributed by atoms with Crippen LogP contribution in [0.15, 0.2) is 24.3 Å². The minimum Gasteiger partial charge on any atom is -0.375 e. The van der Waals surface area contributed by atoms with E-state index in [1.54, 1.807) is 0 Å². The molecule has 128 valence electrons. The first-order valence-electron chi connectivity index (χ1n) is 9.08. The van der Waals surface area contributed by atoms with Crippen molar-refractivity contribution in [1.29, 1.82) is 0 Å². The summed E-state index contributed by atoms with van der Waals surface area (Å²) in [6.07, 6.45) is 6.54. The standard InChI is InChI=1S/C19H25N3O2/c1-13-6-9-15(24-13)10-11-19(23)20-12-18-21-16-4-2-3-5-17(16)22(18)14-7-8-14/h2-5,13-15H,6-12H2,1H3,(H,20,23)/t13-,15-/m0/s1. The quantitative estimate of drug-likeness (QED) is 0.885. The average molecular weight is 327 g/mol. The van der Waals surface area contributed by atoms with Crippen LogP contribution >= 0.6 is 0 Å². The normalized spacial score (nSPS) is 23.7. The molecule has 1 aliphatic heterocycles. The Labute approximate surface area is 142 Å². The summed E-state index contributed by atoms with van der Waals surface area (Å²) >= 11 is 0. The predicted octanol–water partition coefficient (Wildman–Crippen LogP) is 3.34. The van der Waals surface area contributed by atoms with Gasteiger partial charge in [-0.2, -0.15) is 0 Å². The van der Waals surface area contributed by atoms with Gasteiger partial charge in [0.1, 0.15) is 5.82 Å². The monoisotopic (exact) mass is 327 g/mol. The van der Waals surface area contributed by atoms with E-state index in [1.165, 1.54) is 18.4 Å². The van der Waals surface area contributed by atoms with Crippen molar-refractivity contribution in [2.45, 2.75) is 70.2 Å². The van der Waals surface area contributed by atoms with E-state index in [9.17, 15) is 4.79 Å². The van der Waals surface area contributed by atoms with Gasteiger partial charge in [-0.1, -0.05) is 12.1 Å². The van der Waals surface area contributed by atoms with Crippen LogP contribution in [0.5, 0.6) is 0 Å². The second-order valence-electron chi connectivity index (χ2n) is 7.08.